The van der Waals surface area contributed by atoms with Crippen LogP contribution in [0.25, 0.3) is 0 Å². The highest BCUT2D eigenvalue weighted by Gasteiger charge is 2.29. The molecule has 0 unspecified atom stereocenters. The number of aliphatic hydroxyl groups excluding tert-OH is 1. The van der Waals surface area contributed by atoms with E-state index < -0.39 is 6.10 Å². The zero-order valence-corrected chi connectivity index (χ0v) is 15.2. The van der Waals surface area contributed by atoms with Crippen LogP contribution in [-0.2, 0) is 6.61 Å². The molecule has 1 saturated carbocycles. The van der Waals surface area contributed by atoms with Gasteiger partial charge < -0.3 is 15.6 Å². The number of rotatable bonds is 6. The molecule has 1 aliphatic rings. The molecule has 0 amide bonds. The molecule has 0 heterocycles. The van der Waals surface area contributed by atoms with Gasteiger partial charge in [0.2, 0.25) is 0 Å². The maximum atomic E-state index is 10.6. The maximum absolute atomic E-state index is 10.6. The molecule has 1 fully saturated rings. The van der Waals surface area contributed by atoms with Crippen molar-refractivity contribution in [3.63, 3.8) is 0 Å². The fourth-order valence-electron chi connectivity index (χ4n) is 3.92. The van der Waals surface area contributed by atoms with Crippen molar-refractivity contribution in [3.05, 3.63) is 64.7 Å². The van der Waals surface area contributed by atoms with Crippen LogP contribution in [0.4, 0.5) is 0 Å². The topological polar surface area (TPSA) is 55.5 Å². The summed E-state index contributed by atoms with van der Waals surface area (Å²) in [6.45, 7) is 4.65. The van der Waals surface area contributed by atoms with Gasteiger partial charge in [-0.05, 0) is 54.9 Å². The molecular weight excluding hydrogens is 310 g/mol. The molecule has 0 radical (unpaired) electrons. The first kappa shape index (κ1) is 18.0. The van der Waals surface area contributed by atoms with Crippen LogP contribution in [0, 0.1) is 19.8 Å². The van der Waals surface area contributed by atoms with Gasteiger partial charge >= 0.3 is 0 Å². The van der Waals surface area contributed by atoms with E-state index in [0.717, 1.165) is 40.8 Å². The lowest BCUT2D eigenvalue weighted by atomic mass is 9.89. The molecule has 3 rings (SSSR count). The average Bonchev–Trinajstić information content (AvgIpc) is 3.15. The van der Waals surface area contributed by atoms with E-state index >= 15 is 0 Å². The van der Waals surface area contributed by atoms with Crippen molar-refractivity contribution in [2.45, 2.75) is 58.3 Å². The van der Waals surface area contributed by atoms with Crippen molar-refractivity contribution in [2.24, 2.45) is 11.7 Å². The zero-order valence-electron chi connectivity index (χ0n) is 15.2. The van der Waals surface area contributed by atoms with E-state index in [-0.39, 0.29) is 6.04 Å². The largest absolute Gasteiger partial charge is 0.488 e. The Balaban J connectivity index is 1.73. The monoisotopic (exact) mass is 339 g/mol. The van der Waals surface area contributed by atoms with Gasteiger partial charge in [0, 0.05) is 0 Å². The van der Waals surface area contributed by atoms with Gasteiger partial charge in [0.05, 0.1) is 12.1 Å². The Morgan fingerprint density at radius 3 is 2.28 bits per heavy atom. The molecule has 3 N–H and O–H groups in total. The van der Waals surface area contributed by atoms with E-state index in [1.54, 1.807) is 0 Å². The molecule has 3 nitrogen and oxygen atoms in total. The van der Waals surface area contributed by atoms with E-state index in [2.05, 4.69) is 24.3 Å². The summed E-state index contributed by atoms with van der Waals surface area (Å²) in [5.41, 5.74) is 10.7. The SMILES string of the molecule is Cc1cc([C@H](N)[C@H](O)C2CCCC2)cc(C)c1OCc1ccccc1. The summed E-state index contributed by atoms with van der Waals surface area (Å²) in [6.07, 6.45) is 4.13. The molecule has 0 aromatic heterocycles. The van der Waals surface area contributed by atoms with Crippen molar-refractivity contribution >= 4 is 0 Å². The number of aliphatic hydroxyl groups is 1. The van der Waals surface area contributed by atoms with Gasteiger partial charge in [-0.1, -0.05) is 55.3 Å². The molecule has 2 aromatic carbocycles. The quantitative estimate of drug-likeness (QED) is 0.818. The Morgan fingerprint density at radius 2 is 1.68 bits per heavy atom. The van der Waals surface area contributed by atoms with Gasteiger partial charge in [-0.15, -0.1) is 0 Å². The molecule has 2 atom stereocenters. The van der Waals surface area contributed by atoms with Crippen LogP contribution in [0.3, 0.4) is 0 Å². The number of hydrogen-bond donors (Lipinski definition) is 2. The smallest absolute Gasteiger partial charge is 0.125 e. The van der Waals surface area contributed by atoms with Gasteiger partial charge in [0.25, 0.3) is 0 Å². The second-order valence-corrected chi connectivity index (χ2v) is 7.32. The minimum atomic E-state index is -0.461. The van der Waals surface area contributed by atoms with Gasteiger partial charge in [-0.25, -0.2) is 0 Å². The lowest BCUT2D eigenvalue weighted by Gasteiger charge is -2.26. The van der Waals surface area contributed by atoms with E-state index in [0.29, 0.717) is 12.5 Å². The molecule has 25 heavy (non-hydrogen) atoms. The van der Waals surface area contributed by atoms with E-state index in [1.807, 2.05) is 32.0 Å². The lowest BCUT2D eigenvalue weighted by molar-refractivity contribution is 0.0844. The molecule has 0 saturated heterocycles. The van der Waals surface area contributed by atoms with Crippen LogP contribution >= 0.6 is 0 Å². The van der Waals surface area contributed by atoms with Gasteiger partial charge in [0.1, 0.15) is 12.4 Å². The first-order valence-electron chi connectivity index (χ1n) is 9.28. The fraction of sp³-hybridized carbons (Fsp3) is 0.455. The molecule has 3 heteroatoms. The van der Waals surface area contributed by atoms with E-state index in [1.165, 1.54) is 12.8 Å². The van der Waals surface area contributed by atoms with Crippen molar-refractivity contribution in [3.8, 4) is 5.75 Å². The molecular formula is C22H29NO2. The number of aryl methyl sites for hydroxylation is 2. The normalized spacial score (nSPS) is 17.4. The van der Waals surface area contributed by atoms with Crippen molar-refractivity contribution in [2.75, 3.05) is 0 Å². The molecule has 2 aromatic rings. The van der Waals surface area contributed by atoms with Crippen LogP contribution in [0.15, 0.2) is 42.5 Å². The van der Waals surface area contributed by atoms with Gasteiger partial charge in [-0.2, -0.15) is 0 Å². The first-order valence-corrected chi connectivity index (χ1v) is 9.28. The third-order valence-corrected chi connectivity index (χ3v) is 5.34. The van der Waals surface area contributed by atoms with Gasteiger partial charge in [0.15, 0.2) is 0 Å². The number of hydrogen-bond acceptors (Lipinski definition) is 3. The summed E-state index contributed by atoms with van der Waals surface area (Å²) in [6, 6.07) is 14.0. The van der Waals surface area contributed by atoms with Crippen LogP contribution in [0.5, 0.6) is 5.75 Å². The highest BCUT2D eigenvalue weighted by atomic mass is 16.5. The van der Waals surface area contributed by atoms with E-state index in [9.17, 15) is 5.11 Å². The molecule has 0 aliphatic heterocycles. The third kappa shape index (κ3) is 4.23. The average molecular weight is 339 g/mol. The van der Waals surface area contributed by atoms with Crippen LogP contribution in [0.2, 0.25) is 0 Å². The van der Waals surface area contributed by atoms with Crippen molar-refractivity contribution in [1.29, 1.82) is 0 Å². The highest BCUT2D eigenvalue weighted by molar-refractivity contribution is 5.44. The van der Waals surface area contributed by atoms with Crippen LogP contribution in [-0.4, -0.2) is 11.2 Å². The molecule has 134 valence electrons. The predicted octanol–water partition coefficient (Wildman–Crippen LogP) is 4.43. The number of nitrogens with two attached hydrogens (primary N) is 1. The number of ether oxygens (including phenoxy) is 1. The Bertz CT molecular complexity index is 669. The second-order valence-electron chi connectivity index (χ2n) is 7.32. The summed E-state index contributed by atoms with van der Waals surface area (Å²) in [5.74, 6) is 1.25. The first-order chi connectivity index (χ1) is 12.1. The van der Waals surface area contributed by atoms with E-state index in [4.69, 9.17) is 10.5 Å². The number of benzene rings is 2. The zero-order chi connectivity index (χ0) is 17.8. The standard InChI is InChI=1S/C22H29NO2/c1-15-12-19(20(23)21(24)18-10-6-7-11-18)13-16(2)22(15)25-14-17-8-4-3-5-9-17/h3-5,8-9,12-13,18,20-21,24H,6-7,10-11,14,23H2,1-2H3/t20-,21+/m0/s1. The van der Waals surface area contributed by atoms with Crippen molar-refractivity contribution < 1.29 is 9.84 Å². The summed E-state index contributed by atoms with van der Waals surface area (Å²) in [7, 11) is 0. The Morgan fingerprint density at radius 1 is 1.08 bits per heavy atom. The van der Waals surface area contributed by atoms with Crippen LogP contribution in [0.1, 0.15) is 54.0 Å². The van der Waals surface area contributed by atoms with Crippen molar-refractivity contribution in [1.82, 2.24) is 0 Å². The summed E-state index contributed by atoms with van der Waals surface area (Å²) in [5, 5.41) is 10.6. The second kappa shape index (κ2) is 8.03. The Kier molecular flexibility index (Phi) is 5.77. The Labute approximate surface area is 150 Å². The summed E-state index contributed by atoms with van der Waals surface area (Å²) >= 11 is 0. The maximum Gasteiger partial charge on any atom is 0.125 e. The van der Waals surface area contributed by atoms with Gasteiger partial charge in [-0.3, -0.25) is 0 Å². The molecule has 1 aliphatic carbocycles. The molecule has 0 bridgehead atoms. The Hall–Kier alpha value is -1.84. The summed E-state index contributed by atoms with van der Waals surface area (Å²) < 4.78 is 6.05. The third-order valence-electron chi connectivity index (χ3n) is 5.34. The lowest BCUT2D eigenvalue weighted by Crippen LogP contribution is -2.32. The molecule has 0 spiro atoms. The highest BCUT2D eigenvalue weighted by Crippen LogP contribution is 2.34. The predicted molar refractivity (Wildman–Crippen MR) is 102 cm³/mol. The minimum Gasteiger partial charge on any atom is -0.488 e. The van der Waals surface area contributed by atoms with Crippen LogP contribution < -0.4 is 10.5 Å². The fourth-order valence-corrected chi connectivity index (χ4v) is 3.92. The minimum absolute atomic E-state index is 0.330. The summed E-state index contributed by atoms with van der Waals surface area (Å²) in [4.78, 5) is 0.